The molecule has 0 aliphatic carbocycles. The molecule has 0 aliphatic heterocycles. The summed E-state index contributed by atoms with van der Waals surface area (Å²) in [5.74, 6) is -1.20. The fourth-order valence-electron chi connectivity index (χ4n) is 3.19. The lowest BCUT2D eigenvalue weighted by Crippen LogP contribution is -2.12. The molecule has 0 unspecified atom stereocenters. The Morgan fingerprint density at radius 1 is 1.07 bits per heavy atom. The second kappa shape index (κ2) is 7.74. The lowest BCUT2D eigenvalue weighted by Gasteiger charge is -2.14. The van der Waals surface area contributed by atoms with Gasteiger partial charge in [-0.3, -0.25) is 4.72 Å². The number of aromatic carboxylic acids is 1. The first kappa shape index (κ1) is 19.8. The van der Waals surface area contributed by atoms with E-state index in [0.717, 1.165) is 22.5 Å². The highest BCUT2D eigenvalue weighted by Gasteiger charge is 2.20. The maximum Gasteiger partial charge on any atom is 0.354 e. The molecular weight excluding hydrogens is 420 g/mol. The molecule has 4 aromatic rings. The number of nitrogens with zero attached hydrogens (tertiary/aromatic N) is 1. The van der Waals surface area contributed by atoms with Crippen molar-refractivity contribution in [1.82, 2.24) is 4.98 Å². The number of aromatic nitrogens is 1. The third-order valence-electron chi connectivity index (χ3n) is 4.53. The summed E-state index contributed by atoms with van der Waals surface area (Å²) in [6.45, 7) is 3.83. The van der Waals surface area contributed by atoms with Gasteiger partial charge in [0.15, 0.2) is 0 Å². The third-order valence-corrected chi connectivity index (χ3v) is 7.30. The molecular formula is C22H16N2O4S2. The van der Waals surface area contributed by atoms with Gasteiger partial charge in [0.05, 0.1) is 11.2 Å². The number of benzene rings is 2. The molecule has 0 saturated heterocycles. The molecule has 0 radical (unpaired) electrons. The second-order valence-electron chi connectivity index (χ2n) is 6.39. The highest BCUT2D eigenvalue weighted by molar-refractivity contribution is 7.94. The summed E-state index contributed by atoms with van der Waals surface area (Å²) < 4.78 is 28.1. The van der Waals surface area contributed by atoms with Gasteiger partial charge in [0, 0.05) is 5.39 Å². The van der Waals surface area contributed by atoms with Crippen LogP contribution in [-0.4, -0.2) is 24.5 Å². The van der Waals surface area contributed by atoms with Crippen molar-refractivity contribution < 1.29 is 18.3 Å². The Morgan fingerprint density at radius 2 is 1.87 bits per heavy atom. The van der Waals surface area contributed by atoms with Crippen molar-refractivity contribution in [2.24, 2.45) is 0 Å². The van der Waals surface area contributed by atoms with Gasteiger partial charge in [-0.2, -0.15) is 0 Å². The van der Waals surface area contributed by atoms with E-state index in [1.807, 2.05) is 24.3 Å². The van der Waals surface area contributed by atoms with Crippen LogP contribution in [-0.2, 0) is 10.0 Å². The van der Waals surface area contributed by atoms with E-state index >= 15 is 0 Å². The Bertz CT molecular complexity index is 1380. The average Bonchev–Trinajstić information content (AvgIpc) is 3.29. The van der Waals surface area contributed by atoms with E-state index in [-0.39, 0.29) is 21.1 Å². The SMILES string of the molecule is C=Cc1ccccc1-c1cc(C(=O)O)nc2c(NS(=O)(=O)c3cccs3)cccc12. The Balaban J connectivity index is 1.98. The molecule has 2 aromatic carbocycles. The highest BCUT2D eigenvalue weighted by Crippen LogP contribution is 2.35. The summed E-state index contributed by atoms with van der Waals surface area (Å²) in [6, 6.07) is 17.1. The molecule has 30 heavy (non-hydrogen) atoms. The van der Waals surface area contributed by atoms with E-state index in [1.165, 1.54) is 12.1 Å². The van der Waals surface area contributed by atoms with Crippen molar-refractivity contribution >= 4 is 50.0 Å². The van der Waals surface area contributed by atoms with Crippen LogP contribution in [0.2, 0.25) is 0 Å². The summed E-state index contributed by atoms with van der Waals surface area (Å²) in [5, 5.41) is 11.9. The maximum atomic E-state index is 12.7. The summed E-state index contributed by atoms with van der Waals surface area (Å²) in [5.41, 5.74) is 2.52. The van der Waals surface area contributed by atoms with Crippen LogP contribution < -0.4 is 4.72 Å². The molecule has 0 bridgehead atoms. The van der Waals surface area contributed by atoms with Crippen LogP contribution in [0.15, 0.2) is 76.8 Å². The molecule has 2 aromatic heterocycles. The van der Waals surface area contributed by atoms with Gasteiger partial charge in [-0.25, -0.2) is 18.2 Å². The number of carboxylic acids is 1. The number of rotatable bonds is 6. The lowest BCUT2D eigenvalue weighted by atomic mass is 9.95. The second-order valence-corrected chi connectivity index (χ2v) is 9.25. The largest absolute Gasteiger partial charge is 0.477 e. The number of hydrogen-bond acceptors (Lipinski definition) is 5. The van der Waals surface area contributed by atoms with Crippen LogP contribution >= 0.6 is 11.3 Å². The van der Waals surface area contributed by atoms with Gasteiger partial charge >= 0.3 is 5.97 Å². The number of pyridine rings is 1. The number of sulfonamides is 1. The summed E-state index contributed by atoms with van der Waals surface area (Å²) in [6.07, 6.45) is 1.69. The Kier molecular flexibility index (Phi) is 5.11. The van der Waals surface area contributed by atoms with E-state index in [9.17, 15) is 18.3 Å². The van der Waals surface area contributed by atoms with Crippen LogP contribution in [0.5, 0.6) is 0 Å². The van der Waals surface area contributed by atoms with E-state index in [4.69, 9.17) is 0 Å². The van der Waals surface area contributed by atoms with Crippen molar-refractivity contribution in [2.75, 3.05) is 4.72 Å². The topological polar surface area (TPSA) is 96.4 Å². The van der Waals surface area contributed by atoms with Crippen molar-refractivity contribution in [1.29, 1.82) is 0 Å². The monoisotopic (exact) mass is 436 g/mol. The summed E-state index contributed by atoms with van der Waals surface area (Å²) >= 11 is 1.09. The number of anilines is 1. The number of hydrogen-bond donors (Lipinski definition) is 2. The molecule has 0 spiro atoms. The quantitative estimate of drug-likeness (QED) is 0.438. The van der Waals surface area contributed by atoms with Gasteiger partial charge in [-0.1, -0.05) is 55.1 Å². The molecule has 2 N–H and O–H groups in total. The minimum atomic E-state index is -3.82. The average molecular weight is 437 g/mol. The molecule has 6 nitrogen and oxygen atoms in total. The van der Waals surface area contributed by atoms with Crippen LogP contribution in [0.3, 0.4) is 0 Å². The molecule has 0 aliphatic rings. The molecule has 8 heteroatoms. The fraction of sp³-hybridized carbons (Fsp3) is 0. The van der Waals surface area contributed by atoms with Crippen LogP contribution in [0.25, 0.3) is 28.1 Å². The zero-order valence-electron chi connectivity index (χ0n) is 15.6. The Hall–Kier alpha value is -3.49. The number of fused-ring (bicyclic) bond motifs is 1. The third kappa shape index (κ3) is 3.58. The Labute approximate surface area is 177 Å². The van der Waals surface area contributed by atoms with E-state index in [1.54, 1.807) is 35.7 Å². The predicted molar refractivity (Wildman–Crippen MR) is 119 cm³/mol. The molecule has 150 valence electrons. The van der Waals surface area contributed by atoms with Gasteiger partial charge in [0.1, 0.15) is 9.90 Å². The number of thiophene rings is 1. The van der Waals surface area contributed by atoms with Gasteiger partial charge < -0.3 is 5.11 Å². The smallest absolute Gasteiger partial charge is 0.354 e. The minimum Gasteiger partial charge on any atom is -0.477 e. The van der Waals surface area contributed by atoms with Crippen LogP contribution in [0.1, 0.15) is 16.1 Å². The maximum absolute atomic E-state index is 12.7. The van der Waals surface area contributed by atoms with Crippen LogP contribution in [0, 0.1) is 0 Å². The van der Waals surface area contributed by atoms with Gasteiger partial charge in [0.2, 0.25) is 0 Å². The standard InChI is InChI=1S/C22H16N2O4S2/c1-2-14-7-3-4-8-15(14)17-13-19(22(25)26)23-21-16(17)9-5-10-18(21)24-30(27,28)20-11-6-12-29-20/h2-13,24H,1H2,(H,25,26). The van der Waals surface area contributed by atoms with E-state index in [0.29, 0.717) is 10.9 Å². The number of carboxylic acid groups (broad SMARTS) is 1. The van der Waals surface area contributed by atoms with Crippen molar-refractivity contribution in [3.8, 4) is 11.1 Å². The molecule has 0 saturated carbocycles. The van der Waals surface area contributed by atoms with Crippen LogP contribution in [0.4, 0.5) is 5.69 Å². The summed E-state index contributed by atoms with van der Waals surface area (Å²) in [7, 11) is -3.82. The first-order chi connectivity index (χ1) is 14.4. The van der Waals surface area contributed by atoms with Gasteiger partial charge in [-0.15, -0.1) is 11.3 Å². The zero-order chi connectivity index (χ0) is 21.3. The lowest BCUT2D eigenvalue weighted by molar-refractivity contribution is 0.0691. The normalized spacial score (nSPS) is 11.3. The summed E-state index contributed by atoms with van der Waals surface area (Å²) in [4.78, 5) is 16.0. The molecule has 4 rings (SSSR count). The Morgan fingerprint density at radius 3 is 2.57 bits per heavy atom. The van der Waals surface area contributed by atoms with E-state index in [2.05, 4.69) is 16.3 Å². The first-order valence-corrected chi connectivity index (χ1v) is 11.2. The van der Waals surface area contributed by atoms with E-state index < -0.39 is 16.0 Å². The number of carbonyl (C=O) groups is 1. The molecule has 0 fully saturated rings. The van der Waals surface area contributed by atoms with Crippen molar-refractivity contribution in [2.45, 2.75) is 4.21 Å². The van der Waals surface area contributed by atoms with Gasteiger partial charge in [0.25, 0.3) is 10.0 Å². The van der Waals surface area contributed by atoms with Gasteiger partial charge in [-0.05, 0) is 40.3 Å². The van der Waals surface area contributed by atoms with Crippen molar-refractivity contribution in [3.63, 3.8) is 0 Å². The fourth-order valence-corrected chi connectivity index (χ4v) is 5.25. The molecule has 0 atom stereocenters. The number of para-hydroxylation sites is 1. The highest BCUT2D eigenvalue weighted by atomic mass is 32.2. The zero-order valence-corrected chi connectivity index (χ0v) is 17.2. The molecule has 0 amide bonds. The number of nitrogens with one attached hydrogen (secondary N) is 1. The minimum absolute atomic E-state index is 0.158. The van der Waals surface area contributed by atoms with Crippen molar-refractivity contribution in [3.05, 3.63) is 83.9 Å². The predicted octanol–water partition coefficient (Wildman–Crippen LogP) is 5.11. The molecule has 2 heterocycles. The first-order valence-electron chi connectivity index (χ1n) is 8.86.